The summed E-state index contributed by atoms with van der Waals surface area (Å²) in [5, 5.41) is 7.42. The first-order valence-corrected chi connectivity index (χ1v) is 8.83. The Morgan fingerprint density at radius 2 is 2.20 bits per heavy atom. The molecule has 1 aliphatic rings. The van der Waals surface area contributed by atoms with E-state index in [9.17, 15) is 8.42 Å². The number of aryl methyl sites for hydroxylation is 1. The van der Waals surface area contributed by atoms with E-state index in [0.29, 0.717) is 12.5 Å². The molecule has 0 atom stereocenters. The maximum Gasteiger partial charge on any atom is 0.243 e. The van der Waals surface area contributed by atoms with Crippen molar-refractivity contribution >= 4 is 10.0 Å². The molecule has 0 unspecified atom stereocenters. The predicted molar refractivity (Wildman–Crippen MR) is 77.9 cm³/mol. The molecule has 0 aromatic carbocycles. The topological polar surface area (TPSA) is 76.0 Å². The first-order valence-electron chi connectivity index (χ1n) is 7.34. The predicted octanol–water partition coefficient (Wildman–Crippen LogP) is 0.961. The normalized spacial score (nSPS) is 15.7. The first kappa shape index (κ1) is 15.5. The molecule has 0 aliphatic heterocycles. The highest BCUT2D eigenvalue weighted by Crippen LogP contribution is 2.28. The summed E-state index contributed by atoms with van der Waals surface area (Å²) in [5.41, 5.74) is 0. The summed E-state index contributed by atoms with van der Waals surface area (Å²) in [5.74, 6) is 0.532. The molecule has 20 heavy (non-hydrogen) atoms. The summed E-state index contributed by atoms with van der Waals surface area (Å²) < 4.78 is 28.4. The second-order valence-electron chi connectivity index (χ2n) is 5.34. The number of hydrogen-bond acceptors (Lipinski definition) is 4. The standard InChI is InChI=1S/C13H24N4O2S/c1-2-6-14-7-3-8-17-11-13(10-15-17)20(18,19)16-9-12-4-5-12/h10-12,14,16H,2-9H2,1H3. The van der Waals surface area contributed by atoms with Crippen LogP contribution in [0.2, 0.25) is 0 Å². The van der Waals surface area contributed by atoms with E-state index in [1.807, 2.05) is 0 Å². The second kappa shape index (κ2) is 7.19. The van der Waals surface area contributed by atoms with Crippen LogP contribution in [0.3, 0.4) is 0 Å². The van der Waals surface area contributed by atoms with Crippen molar-refractivity contribution in [1.29, 1.82) is 0 Å². The van der Waals surface area contributed by atoms with Crippen LogP contribution in [0.15, 0.2) is 17.3 Å². The molecule has 0 bridgehead atoms. The average molecular weight is 300 g/mol. The lowest BCUT2D eigenvalue weighted by molar-refractivity contribution is 0.541. The van der Waals surface area contributed by atoms with E-state index in [-0.39, 0.29) is 4.90 Å². The van der Waals surface area contributed by atoms with Crippen molar-refractivity contribution in [2.75, 3.05) is 19.6 Å². The molecule has 0 saturated heterocycles. The average Bonchev–Trinajstić information content (AvgIpc) is 3.13. The summed E-state index contributed by atoms with van der Waals surface area (Å²) in [6, 6.07) is 0. The van der Waals surface area contributed by atoms with Crippen LogP contribution < -0.4 is 10.0 Å². The first-order chi connectivity index (χ1) is 9.62. The zero-order chi connectivity index (χ0) is 14.4. The summed E-state index contributed by atoms with van der Waals surface area (Å²) in [4.78, 5) is 0.264. The molecule has 114 valence electrons. The Balaban J connectivity index is 1.78. The Kier molecular flexibility index (Phi) is 5.56. The van der Waals surface area contributed by atoms with Gasteiger partial charge >= 0.3 is 0 Å². The van der Waals surface area contributed by atoms with Gasteiger partial charge in [-0.25, -0.2) is 13.1 Å². The molecule has 1 fully saturated rings. The van der Waals surface area contributed by atoms with Gasteiger partial charge < -0.3 is 5.32 Å². The molecular formula is C13H24N4O2S. The van der Waals surface area contributed by atoms with Crippen LogP contribution in [-0.2, 0) is 16.6 Å². The zero-order valence-electron chi connectivity index (χ0n) is 12.0. The molecule has 1 aliphatic carbocycles. The van der Waals surface area contributed by atoms with E-state index < -0.39 is 10.0 Å². The highest BCUT2D eigenvalue weighted by molar-refractivity contribution is 7.89. The van der Waals surface area contributed by atoms with Gasteiger partial charge in [-0.1, -0.05) is 6.92 Å². The molecule has 1 aromatic rings. The SMILES string of the molecule is CCCNCCCn1cc(S(=O)(=O)NCC2CC2)cn1. The summed E-state index contributed by atoms with van der Waals surface area (Å²) in [6.45, 7) is 5.36. The van der Waals surface area contributed by atoms with Gasteiger partial charge in [0.1, 0.15) is 4.90 Å². The van der Waals surface area contributed by atoms with Gasteiger partial charge in [0.25, 0.3) is 0 Å². The fourth-order valence-electron chi connectivity index (χ4n) is 1.91. The van der Waals surface area contributed by atoms with Crippen molar-refractivity contribution < 1.29 is 8.42 Å². The fourth-order valence-corrected chi connectivity index (χ4v) is 2.97. The van der Waals surface area contributed by atoms with E-state index in [1.54, 1.807) is 10.9 Å². The number of nitrogens with zero attached hydrogens (tertiary/aromatic N) is 2. The number of sulfonamides is 1. The number of nitrogens with one attached hydrogen (secondary N) is 2. The monoisotopic (exact) mass is 300 g/mol. The fraction of sp³-hybridized carbons (Fsp3) is 0.769. The molecule has 0 amide bonds. The van der Waals surface area contributed by atoms with Crippen molar-refractivity contribution in [3.8, 4) is 0 Å². The Morgan fingerprint density at radius 3 is 2.90 bits per heavy atom. The molecule has 1 saturated carbocycles. The molecule has 2 N–H and O–H groups in total. The smallest absolute Gasteiger partial charge is 0.243 e. The molecule has 2 rings (SSSR count). The molecule has 0 spiro atoms. The minimum absolute atomic E-state index is 0.264. The van der Waals surface area contributed by atoms with Gasteiger partial charge in [-0.05, 0) is 44.7 Å². The molecule has 6 nitrogen and oxygen atoms in total. The second-order valence-corrected chi connectivity index (χ2v) is 7.10. The van der Waals surface area contributed by atoms with Crippen LogP contribution in [0.4, 0.5) is 0 Å². The third-order valence-electron chi connectivity index (χ3n) is 3.35. The Hall–Kier alpha value is -0.920. The summed E-state index contributed by atoms with van der Waals surface area (Å²) in [7, 11) is -3.38. The third-order valence-corrected chi connectivity index (χ3v) is 4.72. The Labute approximate surface area is 121 Å². The lowest BCUT2D eigenvalue weighted by Gasteiger charge is -2.04. The summed E-state index contributed by atoms with van der Waals surface area (Å²) in [6.07, 6.45) is 7.36. The van der Waals surface area contributed by atoms with Crippen molar-refractivity contribution in [2.45, 2.75) is 44.0 Å². The zero-order valence-corrected chi connectivity index (χ0v) is 12.8. The lowest BCUT2D eigenvalue weighted by atomic mass is 10.4. The van der Waals surface area contributed by atoms with Gasteiger partial charge in [0, 0.05) is 19.3 Å². The largest absolute Gasteiger partial charge is 0.317 e. The highest BCUT2D eigenvalue weighted by atomic mass is 32.2. The van der Waals surface area contributed by atoms with Crippen LogP contribution in [0.1, 0.15) is 32.6 Å². The van der Waals surface area contributed by atoms with Crippen LogP contribution in [0.5, 0.6) is 0 Å². The summed E-state index contributed by atoms with van der Waals surface area (Å²) >= 11 is 0. The lowest BCUT2D eigenvalue weighted by Crippen LogP contribution is -2.25. The van der Waals surface area contributed by atoms with Crippen LogP contribution in [0.25, 0.3) is 0 Å². The number of rotatable bonds is 10. The Morgan fingerprint density at radius 1 is 1.40 bits per heavy atom. The van der Waals surface area contributed by atoms with Crippen LogP contribution >= 0.6 is 0 Å². The van der Waals surface area contributed by atoms with Crippen molar-refractivity contribution in [3.05, 3.63) is 12.4 Å². The van der Waals surface area contributed by atoms with Crippen LogP contribution in [0, 0.1) is 5.92 Å². The molecular weight excluding hydrogens is 276 g/mol. The molecule has 1 heterocycles. The Bertz CT molecular complexity index is 508. The molecule has 7 heteroatoms. The number of aromatic nitrogens is 2. The maximum absolute atomic E-state index is 12.0. The van der Waals surface area contributed by atoms with Gasteiger partial charge in [-0.3, -0.25) is 4.68 Å². The minimum Gasteiger partial charge on any atom is -0.317 e. The van der Waals surface area contributed by atoms with Gasteiger partial charge in [-0.2, -0.15) is 5.10 Å². The van der Waals surface area contributed by atoms with E-state index in [4.69, 9.17) is 0 Å². The third kappa shape index (κ3) is 4.88. The van der Waals surface area contributed by atoms with Crippen molar-refractivity contribution in [2.24, 2.45) is 5.92 Å². The highest BCUT2D eigenvalue weighted by Gasteiger charge is 2.24. The maximum atomic E-state index is 12.0. The van der Waals surface area contributed by atoms with Gasteiger partial charge in [0.05, 0.1) is 6.20 Å². The van der Waals surface area contributed by atoms with E-state index in [2.05, 4.69) is 22.1 Å². The van der Waals surface area contributed by atoms with Gasteiger partial charge in [-0.15, -0.1) is 0 Å². The number of hydrogen-bond donors (Lipinski definition) is 2. The van der Waals surface area contributed by atoms with E-state index in [1.165, 1.54) is 6.20 Å². The van der Waals surface area contributed by atoms with Gasteiger partial charge in [0.15, 0.2) is 0 Å². The van der Waals surface area contributed by atoms with E-state index >= 15 is 0 Å². The van der Waals surface area contributed by atoms with E-state index in [0.717, 1.165) is 45.3 Å². The van der Waals surface area contributed by atoms with Gasteiger partial charge in [0.2, 0.25) is 10.0 Å². The molecule has 1 aromatic heterocycles. The van der Waals surface area contributed by atoms with Crippen LogP contribution in [-0.4, -0.2) is 37.8 Å². The molecule has 0 radical (unpaired) electrons. The van der Waals surface area contributed by atoms with Crippen molar-refractivity contribution in [1.82, 2.24) is 19.8 Å². The minimum atomic E-state index is -3.38. The van der Waals surface area contributed by atoms with Crippen molar-refractivity contribution in [3.63, 3.8) is 0 Å². The quantitative estimate of drug-likeness (QED) is 0.631.